The fourth-order valence-corrected chi connectivity index (χ4v) is 2.73. The van der Waals surface area contributed by atoms with Crippen LogP contribution in [-0.4, -0.2) is 17.7 Å². The summed E-state index contributed by atoms with van der Waals surface area (Å²) in [6.45, 7) is 1.04. The smallest absolute Gasteiger partial charge is 0.0819 e. The summed E-state index contributed by atoms with van der Waals surface area (Å²) in [7, 11) is 0. The van der Waals surface area contributed by atoms with Gasteiger partial charge in [0, 0.05) is 11.6 Å². The van der Waals surface area contributed by atoms with Crippen LogP contribution in [0.5, 0.6) is 0 Å². The molecule has 1 heterocycles. The fourth-order valence-electron chi connectivity index (χ4n) is 2.30. The Morgan fingerprint density at radius 3 is 2.88 bits per heavy atom. The molecule has 2 atom stereocenters. The highest BCUT2D eigenvalue weighted by atomic mass is 35.5. The van der Waals surface area contributed by atoms with Crippen LogP contribution in [0.4, 0.5) is 0 Å². The zero-order chi connectivity index (χ0) is 12.3. The lowest BCUT2D eigenvalue weighted by Gasteiger charge is -2.26. The number of hydrogen-bond acceptors (Lipinski definition) is 2. The first-order valence-electron chi connectivity index (χ1n) is 6.04. The molecule has 2 nitrogen and oxygen atoms in total. The molecule has 0 radical (unpaired) electrons. The van der Waals surface area contributed by atoms with Crippen molar-refractivity contribution in [3.8, 4) is 0 Å². The predicted octanol–water partition coefficient (Wildman–Crippen LogP) is 3.56. The van der Waals surface area contributed by atoms with Crippen LogP contribution >= 0.6 is 23.2 Å². The second-order valence-corrected chi connectivity index (χ2v) is 5.33. The molecule has 0 aliphatic carbocycles. The highest BCUT2D eigenvalue weighted by molar-refractivity contribution is 6.42. The predicted molar refractivity (Wildman–Crippen MR) is 71.7 cm³/mol. The molecule has 1 aromatic carbocycles. The van der Waals surface area contributed by atoms with Crippen LogP contribution in [-0.2, 0) is 0 Å². The van der Waals surface area contributed by atoms with Crippen molar-refractivity contribution in [2.24, 2.45) is 0 Å². The van der Waals surface area contributed by atoms with Crippen molar-refractivity contribution in [2.75, 3.05) is 6.54 Å². The minimum Gasteiger partial charge on any atom is -0.388 e. The van der Waals surface area contributed by atoms with Crippen molar-refractivity contribution in [1.82, 2.24) is 5.32 Å². The minimum atomic E-state index is -0.545. The molecular weight excluding hydrogens is 257 g/mol. The first-order chi connectivity index (χ1) is 8.18. The summed E-state index contributed by atoms with van der Waals surface area (Å²) >= 11 is 12.0. The van der Waals surface area contributed by atoms with Crippen molar-refractivity contribution in [3.05, 3.63) is 33.8 Å². The molecule has 17 heavy (non-hydrogen) atoms. The lowest BCUT2D eigenvalue weighted by atomic mass is 9.96. The van der Waals surface area contributed by atoms with E-state index in [9.17, 15) is 5.11 Å². The molecule has 2 N–H and O–H groups in total. The Morgan fingerprint density at radius 1 is 1.35 bits per heavy atom. The SMILES string of the molecule is OC(CC1CCCCN1)c1cccc(Cl)c1Cl. The van der Waals surface area contributed by atoms with Crippen LogP contribution in [0.25, 0.3) is 0 Å². The Balaban J connectivity index is 2.03. The molecule has 0 bridgehead atoms. The zero-order valence-electron chi connectivity index (χ0n) is 9.63. The van der Waals surface area contributed by atoms with Crippen LogP contribution in [0.3, 0.4) is 0 Å². The minimum absolute atomic E-state index is 0.383. The molecule has 1 saturated heterocycles. The zero-order valence-corrected chi connectivity index (χ0v) is 11.1. The monoisotopic (exact) mass is 273 g/mol. The maximum Gasteiger partial charge on any atom is 0.0819 e. The number of benzene rings is 1. The van der Waals surface area contributed by atoms with Gasteiger partial charge in [-0.25, -0.2) is 0 Å². The number of aliphatic hydroxyl groups excluding tert-OH is 1. The van der Waals surface area contributed by atoms with Crippen molar-refractivity contribution in [3.63, 3.8) is 0 Å². The Kier molecular flexibility index (Phi) is 4.69. The molecule has 0 aromatic heterocycles. The third-order valence-corrected chi connectivity index (χ3v) is 4.09. The van der Waals surface area contributed by atoms with E-state index in [0.717, 1.165) is 18.5 Å². The van der Waals surface area contributed by atoms with Gasteiger partial charge in [-0.2, -0.15) is 0 Å². The molecule has 2 unspecified atom stereocenters. The van der Waals surface area contributed by atoms with E-state index < -0.39 is 6.10 Å². The van der Waals surface area contributed by atoms with E-state index in [0.29, 0.717) is 22.5 Å². The topological polar surface area (TPSA) is 32.3 Å². The molecule has 2 rings (SSSR count). The Bertz CT molecular complexity index is 378. The van der Waals surface area contributed by atoms with Crippen molar-refractivity contribution < 1.29 is 5.11 Å². The summed E-state index contributed by atoms with van der Waals surface area (Å²) in [4.78, 5) is 0. The third-order valence-electron chi connectivity index (χ3n) is 3.26. The van der Waals surface area contributed by atoms with Gasteiger partial charge < -0.3 is 10.4 Å². The largest absolute Gasteiger partial charge is 0.388 e. The van der Waals surface area contributed by atoms with E-state index >= 15 is 0 Å². The molecule has 1 fully saturated rings. The van der Waals surface area contributed by atoms with Gasteiger partial charge in [0.05, 0.1) is 16.1 Å². The molecule has 1 aliphatic heterocycles. The quantitative estimate of drug-likeness (QED) is 0.883. The molecule has 1 aromatic rings. The number of nitrogens with one attached hydrogen (secondary N) is 1. The maximum absolute atomic E-state index is 10.2. The van der Waals surface area contributed by atoms with E-state index in [-0.39, 0.29) is 0 Å². The summed E-state index contributed by atoms with van der Waals surface area (Å²) in [5, 5.41) is 14.6. The van der Waals surface area contributed by atoms with E-state index in [1.165, 1.54) is 12.8 Å². The van der Waals surface area contributed by atoms with Crippen molar-refractivity contribution in [2.45, 2.75) is 37.8 Å². The highest BCUT2D eigenvalue weighted by Crippen LogP contribution is 2.32. The van der Waals surface area contributed by atoms with E-state index in [4.69, 9.17) is 23.2 Å². The summed E-state index contributed by atoms with van der Waals surface area (Å²) in [6, 6.07) is 5.77. The standard InChI is InChI=1S/C13H17Cl2NO/c14-11-6-3-5-10(13(11)15)12(17)8-9-4-1-2-7-16-9/h3,5-6,9,12,16-17H,1-2,4,7-8H2. The first kappa shape index (κ1) is 13.2. The second-order valence-electron chi connectivity index (χ2n) is 4.54. The number of rotatable bonds is 3. The lowest BCUT2D eigenvalue weighted by molar-refractivity contribution is 0.145. The summed E-state index contributed by atoms with van der Waals surface area (Å²) in [5.74, 6) is 0. The van der Waals surface area contributed by atoms with Crippen LogP contribution in [0.2, 0.25) is 10.0 Å². The van der Waals surface area contributed by atoms with E-state index in [1.807, 2.05) is 12.1 Å². The first-order valence-corrected chi connectivity index (χ1v) is 6.79. The molecule has 4 heteroatoms. The fraction of sp³-hybridized carbons (Fsp3) is 0.538. The van der Waals surface area contributed by atoms with E-state index in [1.54, 1.807) is 6.07 Å². The van der Waals surface area contributed by atoms with Crippen LogP contribution in [0, 0.1) is 0 Å². The summed E-state index contributed by atoms with van der Waals surface area (Å²) in [5.41, 5.74) is 0.728. The summed E-state index contributed by atoms with van der Waals surface area (Å²) < 4.78 is 0. The van der Waals surface area contributed by atoms with Gasteiger partial charge in [-0.15, -0.1) is 0 Å². The van der Waals surface area contributed by atoms with Gasteiger partial charge in [-0.3, -0.25) is 0 Å². The maximum atomic E-state index is 10.2. The molecule has 0 spiro atoms. The van der Waals surface area contributed by atoms with E-state index in [2.05, 4.69) is 5.32 Å². The van der Waals surface area contributed by atoms with Gasteiger partial charge >= 0.3 is 0 Å². The van der Waals surface area contributed by atoms with Crippen LogP contribution < -0.4 is 5.32 Å². The van der Waals surface area contributed by atoms with Gasteiger partial charge in [-0.1, -0.05) is 41.8 Å². The number of aliphatic hydroxyl groups is 1. The van der Waals surface area contributed by atoms with Crippen molar-refractivity contribution >= 4 is 23.2 Å². The Labute approximate surface area is 112 Å². The summed E-state index contributed by atoms with van der Waals surface area (Å²) in [6.07, 6.45) is 3.73. The normalized spacial score (nSPS) is 22.4. The van der Waals surface area contributed by atoms with Gasteiger partial charge in [0.1, 0.15) is 0 Å². The van der Waals surface area contributed by atoms with Gasteiger partial charge in [-0.05, 0) is 31.9 Å². The van der Waals surface area contributed by atoms with Crippen LogP contribution in [0.1, 0.15) is 37.4 Å². The molecule has 0 amide bonds. The molecule has 94 valence electrons. The highest BCUT2D eigenvalue weighted by Gasteiger charge is 2.20. The van der Waals surface area contributed by atoms with Crippen molar-refractivity contribution in [1.29, 1.82) is 0 Å². The second kappa shape index (κ2) is 6.05. The number of hydrogen-bond donors (Lipinski definition) is 2. The Hall–Kier alpha value is -0.280. The molecular formula is C13H17Cl2NO. The van der Waals surface area contributed by atoms with Gasteiger partial charge in [0.15, 0.2) is 0 Å². The molecule has 0 saturated carbocycles. The third kappa shape index (κ3) is 3.35. The number of halogens is 2. The average Bonchev–Trinajstić information content (AvgIpc) is 2.34. The molecule has 1 aliphatic rings. The number of piperidine rings is 1. The Morgan fingerprint density at radius 2 is 2.18 bits per heavy atom. The average molecular weight is 274 g/mol. The van der Waals surface area contributed by atoms with Gasteiger partial charge in [0.2, 0.25) is 0 Å². The lowest BCUT2D eigenvalue weighted by Crippen LogP contribution is -2.35. The van der Waals surface area contributed by atoms with Gasteiger partial charge in [0.25, 0.3) is 0 Å². The van der Waals surface area contributed by atoms with Crippen LogP contribution in [0.15, 0.2) is 18.2 Å².